The van der Waals surface area contributed by atoms with Crippen LogP contribution in [0.5, 0.6) is 0 Å². The average Bonchev–Trinajstić information content (AvgIpc) is 0.811. The molecule has 0 aromatic heterocycles. The minimum absolute atomic E-state index is 0.806. The van der Waals surface area contributed by atoms with E-state index in [2.05, 4.69) is 0 Å². The van der Waals surface area contributed by atoms with Gasteiger partial charge in [0.15, 0.2) is 0 Å². The maximum atomic E-state index is 9.01. The Balaban J connectivity index is 2.80. The summed E-state index contributed by atoms with van der Waals surface area (Å²) in [6.07, 6.45) is 0. The first kappa shape index (κ1) is 4.79. The molecule has 0 unspecified atom stereocenters. The van der Waals surface area contributed by atoms with Crippen molar-refractivity contribution in [3.05, 3.63) is 0 Å². The van der Waals surface area contributed by atoms with Gasteiger partial charge in [-0.15, -0.1) is 0 Å². The van der Waals surface area contributed by atoms with Gasteiger partial charge in [-0.25, -0.2) is 0 Å². The molecule has 3 heteroatoms. The first-order chi connectivity index (χ1) is 1.73. The van der Waals surface area contributed by atoms with E-state index in [0.717, 1.165) is 37.9 Å². The van der Waals surface area contributed by atoms with Gasteiger partial charge in [0.2, 0.25) is 0 Å². The van der Waals surface area contributed by atoms with Crippen LogP contribution in [0.2, 0.25) is 0 Å². The van der Waals surface area contributed by atoms with Gasteiger partial charge < -0.3 is 0 Å². The van der Waals surface area contributed by atoms with Crippen molar-refractivity contribution in [2.75, 3.05) is 0 Å². The van der Waals surface area contributed by atoms with Crippen molar-refractivity contribution in [2.45, 2.75) is 0 Å². The van der Waals surface area contributed by atoms with E-state index in [-0.39, 0.29) is 0 Å². The van der Waals surface area contributed by atoms with Crippen LogP contribution in [0.15, 0.2) is 0 Å². The van der Waals surface area contributed by atoms with Gasteiger partial charge in [-0.1, -0.05) is 0 Å². The van der Waals surface area contributed by atoms with E-state index in [0.29, 0.717) is 0 Å². The Morgan fingerprint density at radius 2 is 2.00 bits per heavy atom. The van der Waals surface area contributed by atoms with E-state index in [1.54, 1.807) is 0 Å². The van der Waals surface area contributed by atoms with Crippen molar-refractivity contribution in [1.29, 1.82) is 0 Å². The van der Waals surface area contributed by atoms with Crippen molar-refractivity contribution in [3.8, 4) is 0 Å². The molecule has 0 atom stereocenters. The third-order valence-electron chi connectivity index (χ3n) is 0. The van der Waals surface area contributed by atoms with E-state index in [1.807, 2.05) is 0 Å². The molecule has 4 heavy (non-hydrogen) atoms. The van der Waals surface area contributed by atoms with Crippen LogP contribution in [-0.4, -0.2) is 6.86 Å². The van der Waals surface area contributed by atoms with Crippen LogP contribution in [-0.2, 0) is 0 Å². The van der Waals surface area contributed by atoms with Crippen molar-refractivity contribution in [3.63, 3.8) is 0 Å². The summed E-state index contributed by atoms with van der Waals surface area (Å²) in [5.41, 5.74) is 0. The Hall–Kier alpha value is 0.795. The molecule has 0 aromatic rings. The fourth-order valence-electron chi connectivity index (χ4n) is 0. The van der Waals surface area contributed by atoms with Crippen LogP contribution in [0.3, 0.4) is 0 Å². The summed E-state index contributed by atoms with van der Waals surface area (Å²) < 4.78 is -0.806. The Labute approximate surface area is 49.1 Å². The molecule has 0 rings (SSSR count). The Morgan fingerprint density at radius 3 is 2.00 bits per heavy atom. The predicted octanol–water partition coefficient (Wildman–Crippen LogP) is 0.214. The summed E-state index contributed by atoms with van der Waals surface area (Å²) in [6, 6.07) is 0. The summed E-state index contributed by atoms with van der Waals surface area (Å²) in [5, 5.41) is 7.43. The summed E-state index contributed by atoms with van der Waals surface area (Å²) in [4.78, 5) is 9.01. The molecule has 0 saturated carbocycles. The fraction of sp³-hybridized carbons (Fsp3) is 0. The molecular weight excluding hydrogens is 201 g/mol. The summed E-state index contributed by atoms with van der Waals surface area (Å²) in [6.45, 7) is 0. The third-order valence-corrected chi connectivity index (χ3v) is 0. The van der Waals surface area contributed by atoms with E-state index in [1.165, 1.54) is 0 Å². The second-order valence-electron chi connectivity index (χ2n) is 0.243. The van der Waals surface area contributed by atoms with E-state index < -0.39 is 1.75 Å². The average molecular weight is 202 g/mol. The van der Waals surface area contributed by atoms with E-state index in [9.17, 15) is 0 Å². The molecule has 0 bridgehead atoms. The van der Waals surface area contributed by atoms with Gasteiger partial charge in [0.25, 0.3) is 0 Å². The first-order valence-electron chi connectivity index (χ1n) is 0.605. The number of hydrogen-bond acceptors (Lipinski definition) is 1. The zero-order chi connectivity index (χ0) is 3.58. The van der Waals surface area contributed by atoms with Crippen molar-refractivity contribution in [2.24, 2.45) is 0 Å². The second kappa shape index (κ2) is 2.06. The molecule has 0 aliphatic heterocycles. The third kappa shape index (κ3) is 14.3. The van der Waals surface area contributed by atoms with Crippen LogP contribution in [0.25, 0.3) is 0 Å². The minimum atomic E-state index is -0.806. The summed E-state index contributed by atoms with van der Waals surface area (Å²) >= 11 is 0.920. The molecule has 2 nitrogen and oxygen atoms in total. The van der Waals surface area contributed by atoms with Crippen LogP contribution >= 0.6 is 0 Å². The van der Waals surface area contributed by atoms with E-state index >= 15 is 0 Å². The number of rotatable bonds is 0. The zero-order valence-corrected chi connectivity index (χ0v) is 3.98. The van der Waals surface area contributed by atoms with E-state index in [4.69, 9.17) is 9.90 Å². The number of hydrogen-bond donors (Lipinski definition) is 1. The van der Waals surface area contributed by atoms with Gasteiger partial charge in [-0.2, -0.15) is 0 Å². The quantitative estimate of drug-likeness (QED) is 0.610. The molecule has 0 heterocycles. The normalized spacial score (nSPS) is 6.25. The van der Waals surface area contributed by atoms with Gasteiger partial charge in [0.05, 0.1) is 0 Å². The topological polar surface area (TPSA) is 37.3 Å². The molecular formula is CHGdO2. The second-order valence-corrected chi connectivity index (χ2v) is 1.21. The predicted molar refractivity (Wildman–Crippen MR) is 8.02 cm³/mol. The van der Waals surface area contributed by atoms with Gasteiger partial charge in [0, 0.05) is 0 Å². The molecule has 0 spiro atoms. The summed E-state index contributed by atoms with van der Waals surface area (Å²) in [7, 11) is 0. The molecule has 25 valence electrons. The molecule has 0 amide bonds. The molecule has 0 aliphatic rings. The monoisotopic (exact) mass is 203 g/mol. The fourth-order valence-corrected chi connectivity index (χ4v) is 0. The number of carboxylic acid groups (broad SMARTS) is 1. The Morgan fingerprint density at radius 1 is 2.00 bits per heavy atom. The van der Waals surface area contributed by atoms with Crippen molar-refractivity contribution >= 4 is 1.75 Å². The number of carbonyl (C=O) groups is 1. The summed E-state index contributed by atoms with van der Waals surface area (Å²) in [5.74, 6) is 0. The van der Waals surface area contributed by atoms with Crippen LogP contribution in [0.4, 0.5) is 4.79 Å². The molecule has 0 aliphatic carbocycles. The van der Waals surface area contributed by atoms with Gasteiger partial charge in [0.1, 0.15) is 0 Å². The van der Waals surface area contributed by atoms with Crippen molar-refractivity contribution < 1.29 is 47.8 Å². The Kier molecular flexibility index (Phi) is 2.47. The standard InChI is InChI=1S/CHO2.Gd/c2-1-3;/h(H,2,3);. The molecule has 0 aromatic carbocycles. The maximum absolute atomic E-state index is 9.01. The van der Waals surface area contributed by atoms with Gasteiger partial charge in [-0.05, 0) is 0 Å². The SMILES string of the molecule is O=[C](O)[Gd]. The first-order valence-corrected chi connectivity index (χ1v) is 1.74. The van der Waals surface area contributed by atoms with Crippen LogP contribution in [0.1, 0.15) is 0 Å². The van der Waals surface area contributed by atoms with Crippen molar-refractivity contribution in [1.82, 2.24) is 0 Å². The molecule has 0 saturated heterocycles. The molecule has 0 fully saturated rings. The molecule has 1 N–H and O–H groups in total. The Bertz CT molecular complexity index is 29.0. The van der Waals surface area contributed by atoms with Gasteiger partial charge in [-0.3, -0.25) is 0 Å². The van der Waals surface area contributed by atoms with Crippen LogP contribution < -0.4 is 0 Å². The van der Waals surface area contributed by atoms with Gasteiger partial charge >= 0.3 is 49.6 Å². The molecule has 0 radical (unpaired) electrons. The van der Waals surface area contributed by atoms with Crippen LogP contribution in [0, 0.1) is 37.9 Å². The zero-order valence-electron chi connectivity index (χ0n) is 1.71.